The van der Waals surface area contributed by atoms with E-state index in [9.17, 15) is 9.59 Å². The smallest absolute Gasteiger partial charge is 0.312 e. The number of amides is 2. The van der Waals surface area contributed by atoms with Gasteiger partial charge in [-0.05, 0) is 37.5 Å². The van der Waals surface area contributed by atoms with Crippen molar-refractivity contribution in [3.8, 4) is 0 Å². The summed E-state index contributed by atoms with van der Waals surface area (Å²) in [6.45, 7) is 5.98. The number of rotatable bonds is 4. The molecule has 1 aliphatic heterocycles. The van der Waals surface area contributed by atoms with E-state index in [0.717, 1.165) is 24.1 Å². The molecule has 0 radical (unpaired) electrons. The van der Waals surface area contributed by atoms with E-state index in [2.05, 4.69) is 16.9 Å². The van der Waals surface area contributed by atoms with E-state index >= 15 is 0 Å². The van der Waals surface area contributed by atoms with Crippen molar-refractivity contribution in [2.24, 2.45) is 0 Å². The van der Waals surface area contributed by atoms with Gasteiger partial charge in [-0.25, -0.2) is 9.78 Å². The van der Waals surface area contributed by atoms with Crippen LogP contribution < -0.4 is 10.2 Å². The third kappa shape index (κ3) is 3.69. The summed E-state index contributed by atoms with van der Waals surface area (Å²) in [6, 6.07) is 3.30. The molecule has 5 heteroatoms. The van der Waals surface area contributed by atoms with E-state index < -0.39 is 0 Å². The highest BCUT2D eigenvalue weighted by atomic mass is 16.2. The van der Waals surface area contributed by atoms with E-state index in [-0.39, 0.29) is 6.03 Å². The van der Waals surface area contributed by atoms with Crippen LogP contribution in [0.5, 0.6) is 0 Å². The van der Waals surface area contributed by atoms with Crippen LogP contribution in [0.2, 0.25) is 0 Å². The molecule has 0 saturated heterocycles. The fourth-order valence-electron chi connectivity index (χ4n) is 2.27. The number of aldehydes is 1. The quantitative estimate of drug-likeness (QED) is 0.686. The Labute approximate surface area is 130 Å². The van der Waals surface area contributed by atoms with Crippen LogP contribution in [0.15, 0.2) is 48.7 Å². The summed E-state index contributed by atoms with van der Waals surface area (Å²) >= 11 is 0. The maximum absolute atomic E-state index is 12.4. The Balaban J connectivity index is 2.18. The first-order chi connectivity index (χ1) is 10.7. The molecule has 0 aliphatic carbocycles. The first-order valence-electron chi connectivity index (χ1n) is 7.15. The summed E-state index contributed by atoms with van der Waals surface area (Å²) in [7, 11) is 0. The maximum Gasteiger partial charge on any atom is 0.327 e. The van der Waals surface area contributed by atoms with E-state index in [0.29, 0.717) is 24.3 Å². The topological polar surface area (TPSA) is 62.3 Å². The molecule has 22 heavy (non-hydrogen) atoms. The number of aromatic nitrogens is 1. The number of pyridine rings is 1. The Kier molecular flexibility index (Phi) is 5.25. The zero-order chi connectivity index (χ0) is 15.9. The second-order valence-electron chi connectivity index (χ2n) is 4.99. The molecule has 0 spiro atoms. The fourth-order valence-corrected chi connectivity index (χ4v) is 2.27. The predicted octanol–water partition coefficient (Wildman–Crippen LogP) is 3.00. The number of allylic oxidation sites excluding steroid dienone is 5. The number of carbonyl (C=O) groups excluding carboxylic acids is 2. The second kappa shape index (κ2) is 7.36. The number of carbonyl (C=O) groups is 2. The molecule has 2 amide bonds. The molecule has 0 atom stereocenters. The van der Waals surface area contributed by atoms with Crippen LogP contribution in [0.25, 0.3) is 0 Å². The molecular weight excluding hydrogens is 278 g/mol. The molecule has 0 aromatic carbocycles. The molecule has 1 aliphatic rings. The van der Waals surface area contributed by atoms with Gasteiger partial charge in [0.1, 0.15) is 11.5 Å². The van der Waals surface area contributed by atoms with E-state index in [1.165, 1.54) is 0 Å². The van der Waals surface area contributed by atoms with Crippen molar-refractivity contribution >= 4 is 18.1 Å². The number of aryl methyl sites for hydroxylation is 1. The summed E-state index contributed by atoms with van der Waals surface area (Å²) < 4.78 is 0. The summed E-state index contributed by atoms with van der Waals surface area (Å²) in [5, 5.41) is 2.82. The van der Waals surface area contributed by atoms with Gasteiger partial charge in [0.25, 0.3) is 0 Å². The number of hydrogen-bond donors (Lipinski definition) is 1. The minimum Gasteiger partial charge on any atom is -0.312 e. The summed E-state index contributed by atoms with van der Waals surface area (Å²) in [4.78, 5) is 29.1. The van der Waals surface area contributed by atoms with Crippen LogP contribution in [-0.4, -0.2) is 23.8 Å². The summed E-state index contributed by atoms with van der Waals surface area (Å²) in [5.41, 5.74) is 2.04. The van der Waals surface area contributed by atoms with Crippen LogP contribution in [-0.2, 0) is 6.42 Å². The van der Waals surface area contributed by atoms with Gasteiger partial charge in [0.15, 0.2) is 6.29 Å². The molecule has 0 bridgehead atoms. The van der Waals surface area contributed by atoms with Gasteiger partial charge in [-0.15, -0.1) is 0 Å². The Morgan fingerprint density at radius 2 is 2.23 bits per heavy atom. The summed E-state index contributed by atoms with van der Waals surface area (Å²) in [5.74, 6) is 0.572. The second-order valence-corrected chi connectivity index (χ2v) is 4.99. The Morgan fingerprint density at radius 1 is 1.41 bits per heavy atom. The zero-order valence-corrected chi connectivity index (χ0v) is 12.6. The number of fused-ring (bicyclic) bond motifs is 1. The van der Waals surface area contributed by atoms with Gasteiger partial charge >= 0.3 is 6.03 Å². The Morgan fingerprint density at radius 3 is 2.95 bits per heavy atom. The van der Waals surface area contributed by atoms with Crippen molar-refractivity contribution in [2.75, 3.05) is 11.4 Å². The van der Waals surface area contributed by atoms with Gasteiger partial charge in [0.05, 0.1) is 0 Å². The first kappa shape index (κ1) is 15.7. The number of nitrogens with zero attached hydrogens (tertiary/aromatic N) is 2. The molecule has 0 unspecified atom stereocenters. The summed E-state index contributed by atoms with van der Waals surface area (Å²) in [6.07, 6.45) is 9.47. The van der Waals surface area contributed by atoms with Gasteiger partial charge in [-0.3, -0.25) is 9.69 Å². The van der Waals surface area contributed by atoms with Crippen molar-refractivity contribution in [3.63, 3.8) is 0 Å². The van der Waals surface area contributed by atoms with Crippen LogP contribution in [0.3, 0.4) is 0 Å². The monoisotopic (exact) mass is 297 g/mol. The fraction of sp³-hybridized carbons (Fsp3) is 0.235. The molecule has 1 aromatic rings. The molecular formula is C17H19N3O2. The number of anilines is 1. The van der Waals surface area contributed by atoms with E-state index in [1.807, 2.05) is 13.0 Å². The van der Waals surface area contributed by atoms with Crippen molar-refractivity contribution in [1.29, 1.82) is 0 Å². The number of nitrogens with one attached hydrogen (secondary N) is 1. The van der Waals surface area contributed by atoms with Crippen molar-refractivity contribution in [1.82, 2.24) is 10.3 Å². The van der Waals surface area contributed by atoms with Gasteiger partial charge in [0.2, 0.25) is 0 Å². The van der Waals surface area contributed by atoms with Gasteiger partial charge in [0, 0.05) is 12.2 Å². The lowest BCUT2D eigenvalue weighted by atomic mass is 10.1. The van der Waals surface area contributed by atoms with Crippen LogP contribution in [0.4, 0.5) is 10.6 Å². The highest BCUT2D eigenvalue weighted by molar-refractivity contribution is 5.93. The zero-order valence-electron chi connectivity index (χ0n) is 12.6. The lowest BCUT2D eigenvalue weighted by Gasteiger charge is -2.28. The number of hydrogen-bond acceptors (Lipinski definition) is 3. The highest BCUT2D eigenvalue weighted by Crippen LogP contribution is 2.25. The molecule has 2 rings (SSSR count). The minimum absolute atomic E-state index is 0.239. The van der Waals surface area contributed by atoms with Crippen molar-refractivity contribution in [2.45, 2.75) is 19.8 Å². The highest BCUT2D eigenvalue weighted by Gasteiger charge is 2.24. The molecule has 0 fully saturated rings. The Bertz CT molecular complexity index is 647. The van der Waals surface area contributed by atoms with Crippen molar-refractivity contribution in [3.05, 3.63) is 60.0 Å². The largest absolute Gasteiger partial charge is 0.327 e. The van der Waals surface area contributed by atoms with Gasteiger partial charge in [-0.2, -0.15) is 0 Å². The maximum atomic E-state index is 12.4. The first-order valence-corrected chi connectivity index (χ1v) is 7.15. The third-order valence-electron chi connectivity index (χ3n) is 3.32. The SMILES string of the molecule is C=C/C=C\C=C(/C)NC(=O)N1CCCc2ccc(C=O)nc21. The van der Waals surface area contributed by atoms with E-state index in [4.69, 9.17) is 0 Å². The molecule has 1 aromatic heterocycles. The predicted molar refractivity (Wildman–Crippen MR) is 86.9 cm³/mol. The number of urea groups is 1. The normalized spacial score (nSPS) is 14.6. The lowest BCUT2D eigenvalue weighted by molar-refractivity contribution is 0.111. The third-order valence-corrected chi connectivity index (χ3v) is 3.32. The van der Waals surface area contributed by atoms with Gasteiger partial charge < -0.3 is 5.32 Å². The molecule has 0 saturated carbocycles. The van der Waals surface area contributed by atoms with Crippen LogP contribution >= 0.6 is 0 Å². The van der Waals surface area contributed by atoms with E-state index in [1.54, 1.807) is 35.3 Å². The van der Waals surface area contributed by atoms with Crippen molar-refractivity contribution < 1.29 is 9.59 Å². The average Bonchev–Trinajstić information content (AvgIpc) is 2.53. The minimum atomic E-state index is -0.239. The molecule has 2 heterocycles. The Hall–Kier alpha value is -2.69. The molecule has 114 valence electrons. The molecule has 1 N–H and O–H groups in total. The van der Waals surface area contributed by atoms with Crippen LogP contribution in [0.1, 0.15) is 29.4 Å². The van der Waals surface area contributed by atoms with Crippen LogP contribution in [0, 0.1) is 0 Å². The molecule has 5 nitrogen and oxygen atoms in total. The average molecular weight is 297 g/mol. The standard InChI is InChI=1S/C17H19N3O2/c1-3-4-5-7-13(2)18-17(22)20-11-6-8-14-9-10-15(12-21)19-16(14)20/h3-5,7,9-10,12H,1,6,8,11H2,2H3,(H,18,22)/b5-4-,13-7+. The lowest BCUT2D eigenvalue weighted by Crippen LogP contribution is -2.42. The van der Waals surface area contributed by atoms with Gasteiger partial charge in [-0.1, -0.05) is 30.9 Å².